The van der Waals surface area contributed by atoms with Gasteiger partial charge in [0.25, 0.3) is 0 Å². The summed E-state index contributed by atoms with van der Waals surface area (Å²) in [6, 6.07) is 6.31. The van der Waals surface area contributed by atoms with Crippen LogP contribution in [0.2, 0.25) is 0 Å². The van der Waals surface area contributed by atoms with Gasteiger partial charge in [0.15, 0.2) is 0 Å². The second kappa shape index (κ2) is 4.37. The summed E-state index contributed by atoms with van der Waals surface area (Å²) in [4.78, 5) is 7.91. The molecule has 1 unspecified atom stereocenters. The quantitative estimate of drug-likeness (QED) is 0.838. The molecule has 2 rings (SSSR count). The van der Waals surface area contributed by atoms with E-state index in [4.69, 9.17) is 0 Å². The number of aliphatic hydroxyl groups is 1. The van der Waals surface area contributed by atoms with Crippen molar-refractivity contribution in [1.82, 2.24) is 9.97 Å². The summed E-state index contributed by atoms with van der Waals surface area (Å²) in [5, 5.41) is 9.95. The van der Waals surface area contributed by atoms with Crippen LogP contribution in [0.4, 0.5) is 4.39 Å². The number of hydrogen-bond acceptors (Lipinski definition) is 3. The molecule has 0 bridgehead atoms. The van der Waals surface area contributed by atoms with Crippen LogP contribution in [-0.4, -0.2) is 15.1 Å². The van der Waals surface area contributed by atoms with Crippen molar-refractivity contribution in [2.75, 3.05) is 0 Å². The van der Waals surface area contributed by atoms with E-state index in [-0.39, 0.29) is 0 Å². The molecule has 0 aliphatic rings. The van der Waals surface area contributed by atoms with Gasteiger partial charge in [0, 0.05) is 17.5 Å². The standard InChI is InChI=1S/C12H11FN2O/c1-8-2-3-9(6-14-8)12(16)11-5-4-10(13)7-15-11/h2-7,12,16H,1H3. The van der Waals surface area contributed by atoms with Gasteiger partial charge in [-0.2, -0.15) is 0 Å². The number of nitrogens with zero attached hydrogens (tertiary/aromatic N) is 2. The third-order valence-electron chi connectivity index (χ3n) is 2.28. The molecule has 1 atom stereocenters. The van der Waals surface area contributed by atoms with E-state index in [1.165, 1.54) is 12.1 Å². The first-order chi connectivity index (χ1) is 7.66. The van der Waals surface area contributed by atoms with Gasteiger partial charge in [0.2, 0.25) is 0 Å². The maximum Gasteiger partial charge on any atom is 0.141 e. The Kier molecular flexibility index (Phi) is 2.92. The number of halogens is 1. The van der Waals surface area contributed by atoms with Crippen molar-refractivity contribution in [1.29, 1.82) is 0 Å². The smallest absolute Gasteiger partial charge is 0.141 e. The molecule has 0 aliphatic carbocycles. The average Bonchev–Trinajstić information content (AvgIpc) is 2.30. The number of aryl methyl sites for hydroxylation is 1. The van der Waals surface area contributed by atoms with E-state index >= 15 is 0 Å². The molecule has 4 heteroatoms. The fourth-order valence-corrected chi connectivity index (χ4v) is 1.36. The Hall–Kier alpha value is -1.81. The Morgan fingerprint density at radius 1 is 1.12 bits per heavy atom. The van der Waals surface area contributed by atoms with Gasteiger partial charge >= 0.3 is 0 Å². The number of aromatic nitrogens is 2. The van der Waals surface area contributed by atoms with Crippen LogP contribution in [0.25, 0.3) is 0 Å². The molecule has 2 heterocycles. The summed E-state index contributed by atoms with van der Waals surface area (Å²) in [6.07, 6.45) is 1.80. The number of pyridine rings is 2. The Morgan fingerprint density at radius 3 is 2.50 bits per heavy atom. The molecule has 1 N–H and O–H groups in total. The van der Waals surface area contributed by atoms with E-state index in [0.29, 0.717) is 11.3 Å². The maximum atomic E-state index is 12.6. The van der Waals surface area contributed by atoms with Crippen LogP contribution in [0.5, 0.6) is 0 Å². The highest BCUT2D eigenvalue weighted by Gasteiger charge is 2.11. The molecule has 0 amide bonds. The molecule has 2 aromatic rings. The third-order valence-corrected chi connectivity index (χ3v) is 2.28. The van der Waals surface area contributed by atoms with Crippen molar-refractivity contribution in [3.05, 3.63) is 59.4 Å². The van der Waals surface area contributed by atoms with E-state index in [1.54, 1.807) is 12.3 Å². The molecule has 3 nitrogen and oxygen atoms in total. The fraction of sp³-hybridized carbons (Fsp3) is 0.167. The predicted molar refractivity (Wildman–Crippen MR) is 57.2 cm³/mol. The minimum atomic E-state index is -0.867. The van der Waals surface area contributed by atoms with Gasteiger partial charge in [-0.25, -0.2) is 4.39 Å². The normalized spacial score (nSPS) is 12.4. The molecule has 0 fully saturated rings. The summed E-state index contributed by atoms with van der Waals surface area (Å²) >= 11 is 0. The molecule has 0 spiro atoms. The molecule has 2 aromatic heterocycles. The molecule has 0 saturated carbocycles. The monoisotopic (exact) mass is 218 g/mol. The molecule has 0 aliphatic heterocycles. The van der Waals surface area contributed by atoms with Crippen molar-refractivity contribution in [2.24, 2.45) is 0 Å². The number of aliphatic hydroxyl groups excluding tert-OH is 1. The zero-order chi connectivity index (χ0) is 11.5. The summed E-state index contributed by atoms with van der Waals surface area (Å²) in [5.41, 5.74) is 1.93. The SMILES string of the molecule is Cc1ccc(C(O)c2ccc(F)cn2)cn1. The van der Waals surface area contributed by atoms with Crippen LogP contribution >= 0.6 is 0 Å². The lowest BCUT2D eigenvalue weighted by Crippen LogP contribution is -2.03. The van der Waals surface area contributed by atoms with Crippen molar-refractivity contribution < 1.29 is 9.50 Å². The minimum absolute atomic E-state index is 0.409. The van der Waals surface area contributed by atoms with Crippen LogP contribution < -0.4 is 0 Å². The van der Waals surface area contributed by atoms with Gasteiger partial charge in [0.05, 0.1) is 11.9 Å². The molecular weight excluding hydrogens is 207 g/mol. The van der Waals surface area contributed by atoms with Gasteiger partial charge in [-0.3, -0.25) is 9.97 Å². The first-order valence-electron chi connectivity index (χ1n) is 4.89. The first kappa shape index (κ1) is 10.7. The maximum absolute atomic E-state index is 12.6. The van der Waals surface area contributed by atoms with Crippen LogP contribution in [-0.2, 0) is 0 Å². The molecule has 0 radical (unpaired) electrons. The van der Waals surface area contributed by atoms with Gasteiger partial charge in [-0.05, 0) is 25.1 Å². The summed E-state index contributed by atoms with van der Waals surface area (Å²) < 4.78 is 12.6. The summed E-state index contributed by atoms with van der Waals surface area (Å²) in [5.74, 6) is -0.419. The van der Waals surface area contributed by atoms with E-state index < -0.39 is 11.9 Å². The number of rotatable bonds is 2. The second-order valence-electron chi connectivity index (χ2n) is 3.54. The predicted octanol–water partition coefficient (Wildman–Crippen LogP) is 2.01. The fourth-order valence-electron chi connectivity index (χ4n) is 1.36. The molecule has 0 saturated heterocycles. The molecular formula is C12H11FN2O. The zero-order valence-corrected chi connectivity index (χ0v) is 8.76. The Labute approximate surface area is 92.6 Å². The lowest BCUT2D eigenvalue weighted by atomic mass is 10.1. The van der Waals surface area contributed by atoms with Gasteiger partial charge < -0.3 is 5.11 Å². The minimum Gasteiger partial charge on any atom is -0.382 e. The second-order valence-corrected chi connectivity index (χ2v) is 3.54. The number of hydrogen-bond donors (Lipinski definition) is 1. The van der Waals surface area contributed by atoms with E-state index in [2.05, 4.69) is 9.97 Å². The van der Waals surface area contributed by atoms with Crippen LogP contribution in [0.15, 0.2) is 36.7 Å². The van der Waals surface area contributed by atoms with Crippen molar-refractivity contribution in [2.45, 2.75) is 13.0 Å². The highest BCUT2D eigenvalue weighted by Crippen LogP contribution is 2.19. The topological polar surface area (TPSA) is 46.0 Å². The van der Waals surface area contributed by atoms with Crippen molar-refractivity contribution in [3.63, 3.8) is 0 Å². The van der Waals surface area contributed by atoms with E-state index in [1.807, 2.05) is 13.0 Å². The highest BCUT2D eigenvalue weighted by atomic mass is 19.1. The van der Waals surface area contributed by atoms with Gasteiger partial charge in [-0.15, -0.1) is 0 Å². The summed E-state index contributed by atoms with van der Waals surface area (Å²) in [7, 11) is 0. The largest absolute Gasteiger partial charge is 0.382 e. The van der Waals surface area contributed by atoms with Gasteiger partial charge in [-0.1, -0.05) is 6.07 Å². The summed E-state index contributed by atoms with van der Waals surface area (Å²) in [6.45, 7) is 1.87. The highest BCUT2D eigenvalue weighted by molar-refractivity contribution is 5.24. The first-order valence-corrected chi connectivity index (χ1v) is 4.89. The van der Waals surface area contributed by atoms with Gasteiger partial charge in [0.1, 0.15) is 11.9 Å². The Morgan fingerprint density at radius 2 is 1.94 bits per heavy atom. The lowest BCUT2D eigenvalue weighted by molar-refractivity contribution is 0.214. The zero-order valence-electron chi connectivity index (χ0n) is 8.76. The Bertz CT molecular complexity index is 422. The van der Waals surface area contributed by atoms with Crippen LogP contribution in [0, 0.1) is 12.7 Å². The lowest BCUT2D eigenvalue weighted by Gasteiger charge is -2.09. The van der Waals surface area contributed by atoms with Crippen LogP contribution in [0.1, 0.15) is 23.1 Å². The van der Waals surface area contributed by atoms with E-state index in [9.17, 15) is 9.50 Å². The molecule has 16 heavy (non-hydrogen) atoms. The molecule has 82 valence electrons. The van der Waals surface area contributed by atoms with Crippen molar-refractivity contribution in [3.8, 4) is 0 Å². The average molecular weight is 218 g/mol. The third kappa shape index (κ3) is 2.23. The molecule has 0 aromatic carbocycles. The Balaban J connectivity index is 2.28. The van der Waals surface area contributed by atoms with Crippen LogP contribution in [0.3, 0.4) is 0 Å². The van der Waals surface area contributed by atoms with E-state index in [0.717, 1.165) is 11.9 Å². The van der Waals surface area contributed by atoms with Crippen molar-refractivity contribution >= 4 is 0 Å².